The number of hydrogen-bond donors (Lipinski definition) is 0. The summed E-state index contributed by atoms with van der Waals surface area (Å²) in [5, 5.41) is 34.1. The van der Waals surface area contributed by atoms with Crippen LogP contribution in [0, 0.1) is 13.8 Å². The molecule has 4 aromatic heterocycles. The lowest BCUT2D eigenvalue weighted by Crippen LogP contribution is -2.24. The zero-order valence-corrected chi connectivity index (χ0v) is 28.1. The molecule has 6 aromatic rings. The molecule has 0 aliphatic rings. The molecule has 0 unspecified atom stereocenters. The van der Waals surface area contributed by atoms with Crippen molar-refractivity contribution >= 4 is 12.4 Å². The molecular formula is C32H36N14O4. The molecule has 0 radical (unpaired) electrons. The van der Waals surface area contributed by atoms with Crippen molar-refractivity contribution in [3.05, 3.63) is 116 Å². The fourth-order valence-corrected chi connectivity index (χ4v) is 5.01. The molecule has 0 saturated heterocycles. The molecule has 18 nitrogen and oxygen atoms in total. The minimum absolute atomic E-state index is 0.169. The summed E-state index contributed by atoms with van der Waals surface area (Å²) in [5.74, 6) is 2.38. The van der Waals surface area contributed by atoms with Crippen LogP contribution in [0.3, 0.4) is 0 Å². The van der Waals surface area contributed by atoms with E-state index in [9.17, 15) is 9.59 Å². The molecule has 0 saturated carbocycles. The van der Waals surface area contributed by atoms with E-state index in [1.54, 1.807) is 62.3 Å². The SMILES string of the molecule is COc1ccc(/C=N/n2c(C)nn(Cc3cn(CCCCn4cc(Cn5nc(C)n(/N=C/c6ccc(OC)cc6)c5=O)nn4)nn3)c2=O)cc1. The van der Waals surface area contributed by atoms with Crippen LogP contribution in [0.25, 0.3) is 0 Å². The van der Waals surface area contributed by atoms with Crippen molar-refractivity contribution in [2.24, 2.45) is 10.2 Å². The first-order valence-corrected chi connectivity index (χ1v) is 15.8. The van der Waals surface area contributed by atoms with Crippen molar-refractivity contribution in [2.75, 3.05) is 14.2 Å². The van der Waals surface area contributed by atoms with Crippen molar-refractivity contribution in [3.63, 3.8) is 0 Å². The number of rotatable bonds is 15. The summed E-state index contributed by atoms with van der Waals surface area (Å²) in [4.78, 5) is 25.9. The number of aromatic nitrogens is 12. The van der Waals surface area contributed by atoms with Gasteiger partial charge in [-0.05, 0) is 86.3 Å². The number of benzene rings is 2. The van der Waals surface area contributed by atoms with Gasteiger partial charge in [-0.15, -0.1) is 10.2 Å². The number of hydrogen-bond acceptors (Lipinski definition) is 12. The fourth-order valence-electron chi connectivity index (χ4n) is 5.01. The lowest BCUT2D eigenvalue weighted by atomic mass is 10.2. The Labute approximate surface area is 285 Å². The summed E-state index contributed by atoms with van der Waals surface area (Å²) >= 11 is 0. The molecule has 0 atom stereocenters. The molecule has 0 fully saturated rings. The van der Waals surface area contributed by atoms with Gasteiger partial charge < -0.3 is 9.47 Å². The Bertz CT molecular complexity index is 2060. The number of methoxy groups -OCH3 is 2. The summed E-state index contributed by atoms with van der Waals surface area (Å²) in [7, 11) is 3.21. The summed E-state index contributed by atoms with van der Waals surface area (Å²) < 4.78 is 18.9. The lowest BCUT2D eigenvalue weighted by Gasteiger charge is -2.01. The highest BCUT2D eigenvalue weighted by Crippen LogP contribution is 2.11. The van der Waals surface area contributed by atoms with E-state index in [0.29, 0.717) is 36.1 Å². The van der Waals surface area contributed by atoms with Gasteiger partial charge >= 0.3 is 11.4 Å². The van der Waals surface area contributed by atoms with Crippen molar-refractivity contribution in [1.29, 1.82) is 0 Å². The topological polar surface area (TPSA) is 184 Å². The van der Waals surface area contributed by atoms with Crippen LogP contribution in [0.4, 0.5) is 0 Å². The minimum atomic E-state index is -0.374. The van der Waals surface area contributed by atoms with Crippen LogP contribution in [0.15, 0.2) is 80.7 Å². The number of ether oxygens (including phenoxy) is 2. The van der Waals surface area contributed by atoms with Crippen LogP contribution in [0.5, 0.6) is 11.5 Å². The molecule has 50 heavy (non-hydrogen) atoms. The van der Waals surface area contributed by atoms with Gasteiger partial charge in [-0.2, -0.15) is 29.8 Å². The molecule has 0 spiro atoms. The van der Waals surface area contributed by atoms with Gasteiger partial charge in [0.1, 0.15) is 22.9 Å². The highest BCUT2D eigenvalue weighted by atomic mass is 16.5. The summed E-state index contributed by atoms with van der Waals surface area (Å²) in [6.45, 7) is 5.03. The first-order chi connectivity index (χ1) is 24.3. The van der Waals surface area contributed by atoms with Crippen molar-refractivity contribution in [1.82, 2.24) is 58.9 Å². The Balaban J connectivity index is 0.972. The predicted octanol–water partition coefficient (Wildman–Crippen LogP) is 1.56. The second kappa shape index (κ2) is 15.2. The Morgan fingerprint density at radius 3 is 1.42 bits per heavy atom. The molecule has 0 aliphatic carbocycles. The molecule has 0 amide bonds. The second-order valence-corrected chi connectivity index (χ2v) is 11.3. The van der Waals surface area contributed by atoms with E-state index in [1.807, 2.05) is 48.5 Å². The number of unbranched alkanes of at least 4 members (excludes halogenated alkanes) is 1. The molecule has 0 N–H and O–H groups in total. The quantitative estimate of drug-likeness (QED) is 0.114. The van der Waals surface area contributed by atoms with Gasteiger partial charge in [-0.1, -0.05) is 10.4 Å². The van der Waals surface area contributed by atoms with Gasteiger partial charge in [0.05, 0.1) is 52.1 Å². The standard InChI is InChI=1S/C32H36N14O4/c1-23-37-43(31(47)45(23)33-17-25-7-11-29(49-3)12-8-25)21-27-19-41(39-35-27)15-5-6-16-42-20-28(36-40-42)22-44-32(48)46(24(2)38-44)34-18-26-9-13-30(50-4)14-10-26/h7-14,17-20H,5-6,15-16,21-22H2,1-4H3/b33-17+,34-18+. The van der Waals surface area contributed by atoms with E-state index in [2.05, 4.69) is 41.0 Å². The van der Waals surface area contributed by atoms with Gasteiger partial charge in [0.15, 0.2) is 11.6 Å². The zero-order chi connectivity index (χ0) is 35.0. The van der Waals surface area contributed by atoms with Gasteiger partial charge in [-0.25, -0.2) is 19.0 Å². The monoisotopic (exact) mass is 680 g/mol. The maximum atomic E-state index is 12.9. The van der Waals surface area contributed by atoms with E-state index in [1.165, 1.54) is 18.7 Å². The third-order valence-electron chi connectivity index (χ3n) is 7.64. The summed E-state index contributed by atoms with van der Waals surface area (Å²) in [6.07, 6.45) is 8.40. The van der Waals surface area contributed by atoms with Crippen LogP contribution in [0.1, 0.15) is 47.0 Å². The smallest absolute Gasteiger partial charge is 0.367 e. The van der Waals surface area contributed by atoms with Gasteiger partial charge in [0.2, 0.25) is 0 Å². The van der Waals surface area contributed by atoms with E-state index in [4.69, 9.17) is 9.47 Å². The summed E-state index contributed by atoms with van der Waals surface area (Å²) in [6, 6.07) is 14.7. The molecule has 6 rings (SSSR count). The highest BCUT2D eigenvalue weighted by molar-refractivity contribution is 5.80. The average Bonchev–Trinajstić information content (AvgIpc) is 3.89. The van der Waals surface area contributed by atoms with Crippen molar-refractivity contribution < 1.29 is 9.47 Å². The summed E-state index contributed by atoms with van der Waals surface area (Å²) in [5.41, 5.74) is 2.11. The van der Waals surface area contributed by atoms with Gasteiger partial charge in [-0.3, -0.25) is 9.36 Å². The first-order valence-electron chi connectivity index (χ1n) is 15.8. The molecule has 0 aliphatic heterocycles. The Morgan fingerprint density at radius 1 is 0.640 bits per heavy atom. The molecule has 4 heterocycles. The van der Waals surface area contributed by atoms with Crippen molar-refractivity contribution in [3.8, 4) is 11.5 Å². The van der Waals surface area contributed by atoms with Gasteiger partial charge in [0.25, 0.3) is 0 Å². The Kier molecular flexibility index (Phi) is 10.2. The second-order valence-electron chi connectivity index (χ2n) is 11.3. The molecule has 258 valence electrons. The largest absolute Gasteiger partial charge is 0.497 e. The fraction of sp³-hybridized carbons (Fsp3) is 0.312. The van der Waals surface area contributed by atoms with E-state index < -0.39 is 0 Å². The van der Waals surface area contributed by atoms with Crippen LogP contribution < -0.4 is 20.9 Å². The van der Waals surface area contributed by atoms with Crippen LogP contribution in [0.2, 0.25) is 0 Å². The Hall–Kier alpha value is -6.46. The van der Waals surface area contributed by atoms with E-state index >= 15 is 0 Å². The molecule has 2 aromatic carbocycles. The first kappa shape index (κ1) is 33.4. The average molecular weight is 681 g/mol. The maximum Gasteiger partial charge on any atom is 0.367 e. The minimum Gasteiger partial charge on any atom is -0.497 e. The molecule has 0 bridgehead atoms. The highest BCUT2D eigenvalue weighted by Gasteiger charge is 2.13. The molecule has 18 heteroatoms. The van der Waals surface area contributed by atoms with Crippen LogP contribution >= 0.6 is 0 Å². The van der Waals surface area contributed by atoms with Crippen LogP contribution in [-0.2, 0) is 26.2 Å². The number of nitrogens with zero attached hydrogens (tertiary/aromatic N) is 14. The third-order valence-corrected chi connectivity index (χ3v) is 7.64. The normalized spacial score (nSPS) is 11.7. The zero-order valence-electron chi connectivity index (χ0n) is 28.1. The van der Waals surface area contributed by atoms with Gasteiger partial charge in [0, 0.05) is 13.1 Å². The van der Waals surface area contributed by atoms with E-state index in [-0.39, 0.29) is 24.5 Å². The van der Waals surface area contributed by atoms with E-state index in [0.717, 1.165) is 35.5 Å². The van der Waals surface area contributed by atoms with Crippen molar-refractivity contribution in [2.45, 2.75) is 52.9 Å². The third kappa shape index (κ3) is 7.97. The Morgan fingerprint density at radius 2 is 1.04 bits per heavy atom. The number of aryl methyl sites for hydroxylation is 4. The van der Waals surface area contributed by atoms with Crippen LogP contribution in [-0.4, -0.2) is 85.5 Å². The lowest BCUT2D eigenvalue weighted by molar-refractivity contribution is 0.414. The predicted molar refractivity (Wildman–Crippen MR) is 182 cm³/mol. The maximum absolute atomic E-state index is 12.9. The molecular weight excluding hydrogens is 644 g/mol.